The van der Waals surface area contributed by atoms with Gasteiger partial charge in [-0.3, -0.25) is 0 Å². The number of halogens is 4. The van der Waals surface area contributed by atoms with Crippen molar-refractivity contribution >= 4 is 0 Å². The summed E-state index contributed by atoms with van der Waals surface area (Å²) in [6, 6.07) is 2.43. The van der Waals surface area contributed by atoms with Crippen LogP contribution in [0.2, 0.25) is 0 Å². The zero-order valence-electron chi connectivity index (χ0n) is 12.2. The third-order valence-corrected chi connectivity index (χ3v) is 3.51. The zero-order chi connectivity index (χ0) is 15.9. The molecule has 1 unspecified atom stereocenters. The van der Waals surface area contributed by atoms with Gasteiger partial charge in [0.15, 0.2) is 0 Å². The SMILES string of the molecule is CCCCCCCCC(O)c1ccc(F)cc1C(F)(F)F. The molecule has 0 aromatic heterocycles. The average molecular weight is 306 g/mol. The lowest BCUT2D eigenvalue weighted by molar-refractivity contribution is -0.139. The maximum absolute atomic E-state index is 13.0. The number of hydrogen-bond donors (Lipinski definition) is 1. The highest BCUT2D eigenvalue weighted by Crippen LogP contribution is 2.36. The molecule has 1 aromatic rings. The predicted molar refractivity (Wildman–Crippen MR) is 74.4 cm³/mol. The molecule has 0 heterocycles. The quantitative estimate of drug-likeness (QED) is 0.487. The fourth-order valence-corrected chi connectivity index (χ4v) is 2.34. The van der Waals surface area contributed by atoms with E-state index in [-0.39, 0.29) is 12.0 Å². The van der Waals surface area contributed by atoms with E-state index < -0.39 is 23.7 Å². The summed E-state index contributed by atoms with van der Waals surface area (Å²) in [4.78, 5) is 0. The van der Waals surface area contributed by atoms with Crippen LogP contribution < -0.4 is 0 Å². The van der Waals surface area contributed by atoms with Gasteiger partial charge in [0.25, 0.3) is 0 Å². The summed E-state index contributed by atoms with van der Waals surface area (Å²) in [6.45, 7) is 2.11. The van der Waals surface area contributed by atoms with Crippen molar-refractivity contribution in [1.82, 2.24) is 0 Å². The second-order valence-corrected chi connectivity index (χ2v) is 5.30. The van der Waals surface area contributed by atoms with Crippen LogP contribution in [0.1, 0.15) is 69.1 Å². The lowest BCUT2D eigenvalue weighted by atomic mass is 9.97. The summed E-state index contributed by atoms with van der Waals surface area (Å²) >= 11 is 0. The fourth-order valence-electron chi connectivity index (χ4n) is 2.34. The molecule has 0 aliphatic heterocycles. The minimum absolute atomic E-state index is 0.238. The van der Waals surface area contributed by atoms with E-state index in [1.54, 1.807) is 0 Å². The van der Waals surface area contributed by atoms with Gasteiger partial charge in [0.05, 0.1) is 11.7 Å². The second kappa shape index (κ2) is 8.37. The van der Waals surface area contributed by atoms with Crippen molar-refractivity contribution in [3.8, 4) is 0 Å². The first-order valence-corrected chi connectivity index (χ1v) is 7.41. The first-order valence-electron chi connectivity index (χ1n) is 7.41. The van der Waals surface area contributed by atoms with Crippen molar-refractivity contribution in [3.63, 3.8) is 0 Å². The van der Waals surface area contributed by atoms with Crippen LogP contribution >= 0.6 is 0 Å². The molecule has 1 aromatic carbocycles. The molecule has 0 saturated heterocycles. The second-order valence-electron chi connectivity index (χ2n) is 5.30. The summed E-state index contributed by atoms with van der Waals surface area (Å²) in [7, 11) is 0. The standard InChI is InChI=1S/C16H22F4O/c1-2-3-4-5-6-7-8-15(21)13-10-9-12(17)11-14(13)16(18,19)20/h9-11,15,21H,2-8H2,1H3. The Kier molecular flexibility index (Phi) is 7.15. The Morgan fingerprint density at radius 1 is 1.05 bits per heavy atom. The van der Waals surface area contributed by atoms with E-state index >= 15 is 0 Å². The van der Waals surface area contributed by atoms with E-state index in [4.69, 9.17) is 0 Å². The number of benzene rings is 1. The van der Waals surface area contributed by atoms with E-state index in [0.717, 1.165) is 44.2 Å². The van der Waals surface area contributed by atoms with Gasteiger partial charge in [0.2, 0.25) is 0 Å². The highest BCUT2D eigenvalue weighted by molar-refractivity contribution is 5.32. The van der Waals surface area contributed by atoms with E-state index in [1.165, 1.54) is 0 Å². The number of aliphatic hydroxyl groups is 1. The third-order valence-electron chi connectivity index (χ3n) is 3.51. The van der Waals surface area contributed by atoms with Crippen LogP contribution in [0.5, 0.6) is 0 Å². The van der Waals surface area contributed by atoms with Gasteiger partial charge in [-0.15, -0.1) is 0 Å². The lowest BCUT2D eigenvalue weighted by Gasteiger charge is -2.17. The lowest BCUT2D eigenvalue weighted by Crippen LogP contribution is -2.12. The summed E-state index contributed by atoms with van der Waals surface area (Å²) in [6.07, 6.45) is 0.381. The Balaban J connectivity index is 2.60. The van der Waals surface area contributed by atoms with E-state index in [9.17, 15) is 22.7 Å². The Morgan fingerprint density at radius 2 is 1.67 bits per heavy atom. The van der Waals surface area contributed by atoms with Crippen molar-refractivity contribution in [2.24, 2.45) is 0 Å². The molecule has 21 heavy (non-hydrogen) atoms. The Bertz CT molecular complexity index is 429. The summed E-state index contributed by atoms with van der Waals surface area (Å²) in [5, 5.41) is 9.94. The minimum atomic E-state index is -4.65. The molecule has 0 bridgehead atoms. The molecule has 1 N–H and O–H groups in total. The van der Waals surface area contributed by atoms with Crippen LogP contribution in [0.3, 0.4) is 0 Å². The van der Waals surface area contributed by atoms with Gasteiger partial charge < -0.3 is 5.11 Å². The fraction of sp³-hybridized carbons (Fsp3) is 0.625. The summed E-state index contributed by atoms with van der Waals surface area (Å²) < 4.78 is 51.5. The Hall–Kier alpha value is -1.10. The summed E-state index contributed by atoms with van der Waals surface area (Å²) in [5.74, 6) is -0.946. The molecule has 5 heteroatoms. The Morgan fingerprint density at radius 3 is 2.29 bits per heavy atom. The van der Waals surface area contributed by atoms with Gasteiger partial charge in [-0.25, -0.2) is 4.39 Å². The smallest absolute Gasteiger partial charge is 0.388 e. The molecule has 0 aliphatic carbocycles. The van der Waals surface area contributed by atoms with Crippen molar-refractivity contribution < 1.29 is 22.7 Å². The van der Waals surface area contributed by atoms with Gasteiger partial charge in [0.1, 0.15) is 5.82 Å². The van der Waals surface area contributed by atoms with Gasteiger partial charge in [-0.1, -0.05) is 51.5 Å². The normalized spacial score (nSPS) is 13.4. The van der Waals surface area contributed by atoms with Crippen LogP contribution in [-0.2, 0) is 6.18 Å². The molecule has 0 radical (unpaired) electrons. The van der Waals surface area contributed by atoms with Crippen molar-refractivity contribution in [3.05, 3.63) is 35.1 Å². The molecule has 120 valence electrons. The largest absolute Gasteiger partial charge is 0.416 e. The number of alkyl halides is 3. The number of rotatable bonds is 8. The average Bonchev–Trinajstić information content (AvgIpc) is 2.41. The van der Waals surface area contributed by atoms with Crippen LogP contribution in [0.25, 0.3) is 0 Å². The van der Waals surface area contributed by atoms with Gasteiger partial charge in [0, 0.05) is 0 Å². The Labute approximate surface area is 123 Å². The van der Waals surface area contributed by atoms with E-state index in [1.807, 2.05) is 0 Å². The number of hydrogen-bond acceptors (Lipinski definition) is 1. The highest BCUT2D eigenvalue weighted by Gasteiger charge is 2.35. The molecule has 0 spiro atoms. The van der Waals surface area contributed by atoms with Gasteiger partial charge in [-0.05, 0) is 24.1 Å². The molecular weight excluding hydrogens is 284 g/mol. The number of aliphatic hydroxyl groups excluding tert-OH is 1. The molecule has 0 saturated carbocycles. The van der Waals surface area contributed by atoms with Crippen LogP contribution in [0, 0.1) is 5.82 Å². The summed E-state index contributed by atoms with van der Waals surface area (Å²) in [5.41, 5.74) is -1.32. The van der Waals surface area contributed by atoms with Crippen molar-refractivity contribution in [1.29, 1.82) is 0 Å². The molecule has 0 fully saturated rings. The molecular formula is C16H22F4O. The van der Waals surface area contributed by atoms with Crippen LogP contribution in [-0.4, -0.2) is 5.11 Å². The topological polar surface area (TPSA) is 20.2 Å². The zero-order valence-corrected chi connectivity index (χ0v) is 12.2. The molecule has 1 rings (SSSR count). The minimum Gasteiger partial charge on any atom is -0.388 e. The van der Waals surface area contributed by atoms with Crippen LogP contribution in [0.15, 0.2) is 18.2 Å². The van der Waals surface area contributed by atoms with Gasteiger partial charge >= 0.3 is 6.18 Å². The van der Waals surface area contributed by atoms with E-state index in [0.29, 0.717) is 12.5 Å². The first-order chi connectivity index (χ1) is 9.86. The molecule has 0 aliphatic rings. The maximum atomic E-state index is 13.0. The maximum Gasteiger partial charge on any atom is 0.416 e. The van der Waals surface area contributed by atoms with Crippen molar-refractivity contribution in [2.75, 3.05) is 0 Å². The monoisotopic (exact) mass is 306 g/mol. The van der Waals surface area contributed by atoms with Gasteiger partial charge in [-0.2, -0.15) is 13.2 Å². The first kappa shape index (κ1) is 18.0. The molecule has 0 amide bonds. The van der Waals surface area contributed by atoms with E-state index in [2.05, 4.69) is 6.92 Å². The predicted octanol–water partition coefficient (Wildman–Crippen LogP) is 5.63. The number of unbranched alkanes of at least 4 members (excludes halogenated alkanes) is 5. The molecule has 1 nitrogen and oxygen atoms in total. The van der Waals surface area contributed by atoms with Crippen molar-refractivity contribution in [2.45, 2.75) is 64.1 Å². The molecule has 1 atom stereocenters. The highest BCUT2D eigenvalue weighted by atomic mass is 19.4. The third kappa shape index (κ3) is 6.04. The van der Waals surface area contributed by atoms with Crippen LogP contribution in [0.4, 0.5) is 17.6 Å².